The van der Waals surface area contributed by atoms with Gasteiger partial charge in [0.1, 0.15) is 5.75 Å². The third-order valence-corrected chi connectivity index (χ3v) is 3.74. The lowest BCUT2D eigenvalue weighted by atomic mass is 10.2. The smallest absolute Gasteiger partial charge is 0.323 e. The normalized spacial score (nSPS) is 10.1. The predicted octanol–water partition coefficient (Wildman–Crippen LogP) is 5.06. The van der Waals surface area contributed by atoms with E-state index in [9.17, 15) is 4.79 Å². The predicted molar refractivity (Wildman–Crippen MR) is 89.5 cm³/mol. The van der Waals surface area contributed by atoms with Gasteiger partial charge < -0.3 is 15.4 Å². The van der Waals surface area contributed by atoms with E-state index >= 15 is 0 Å². The fourth-order valence-electron chi connectivity index (χ4n) is 1.73. The molecule has 0 radical (unpaired) electrons. The van der Waals surface area contributed by atoms with E-state index in [1.54, 1.807) is 31.4 Å². The molecular formula is C15H14BrClN2O2. The summed E-state index contributed by atoms with van der Waals surface area (Å²) in [5.74, 6) is 0.579. The van der Waals surface area contributed by atoms with Crippen LogP contribution >= 0.6 is 27.5 Å². The highest BCUT2D eigenvalue weighted by atomic mass is 79.9. The average Bonchev–Trinajstić information content (AvgIpc) is 2.43. The van der Waals surface area contributed by atoms with E-state index in [0.717, 1.165) is 10.0 Å². The molecule has 6 heteroatoms. The molecular weight excluding hydrogens is 356 g/mol. The highest BCUT2D eigenvalue weighted by molar-refractivity contribution is 9.10. The lowest BCUT2D eigenvalue weighted by molar-refractivity contribution is 0.262. The minimum atomic E-state index is -0.369. The van der Waals surface area contributed by atoms with Crippen LogP contribution in [0.2, 0.25) is 5.02 Å². The number of carbonyl (C=O) groups is 1. The van der Waals surface area contributed by atoms with Gasteiger partial charge in [-0.1, -0.05) is 33.6 Å². The average molecular weight is 370 g/mol. The SMILES string of the molecule is COc1ccc(Br)cc1NC(=O)Nc1ccc(C)c(Cl)c1. The number of anilines is 2. The molecule has 0 heterocycles. The van der Waals surface area contributed by atoms with E-state index in [0.29, 0.717) is 22.1 Å². The number of aryl methyl sites for hydroxylation is 1. The van der Waals surface area contributed by atoms with Crippen molar-refractivity contribution in [2.24, 2.45) is 0 Å². The van der Waals surface area contributed by atoms with Crippen molar-refractivity contribution in [3.05, 3.63) is 51.5 Å². The molecule has 4 nitrogen and oxygen atoms in total. The lowest BCUT2D eigenvalue weighted by Crippen LogP contribution is -2.19. The van der Waals surface area contributed by atoms with Gasteiger partial charge in [-0.2, -0.15) is 0 Å². The van der Waals surface area contributed by atoms with E-state index in [4.69, 9.17) is 16.3 Å². The Hall–Kier alpha value is -1.72. The Morgan fingerprint density at radius 3 is 2.62 bits per heavy atom. The number of hydrogen-bond donors (Lipinski definition) is 2. The van der Waals surface area contributed by atoms with Gasteiger partial charge in [-0.3, -0.25) is 0 Å². The third-order valence-electron chi connectivity index (χ3n) is 2.84. The standard InChI is InChI=1S/C15H14BrClN2O2/c1-9-3-5-11(8-12(9)17)18-15(20)19-13-7-10(16)4-6-14(13)21-2/h3-8H,1-2H3,(H2,18,19,20). The zero-order valence-corrected chi connectivity index (χ0v) is 13.9. The molecule has 0 aliphatic heterocycles. The second-order valence-electron chi connectivity index (χ2n) is 4.39. The number of ether oxygens (including phenoxy) is 1. The van der Waals surface area contributed by atoms with Crippen LogP contribution in [0.3, 0.4) is 0 Å². The molecule has 0 saturated carbocycles. The van der Waals surface area contributed by atoms with E-state index in [1.165, 1.54) is 0 Å². The fourth-order valence-corrected chi connectivity index (χ4v) is 2.27. The first-order valence-corrected chi connectivity index (χ1v) is 7.34. The molecule has 2 rings (SSSR count). The van der Waals surface area contributed by atoms with Crippen LogP contribution in [0.5, 0.6) is 5.75 Å². The third kappa shape index (κ3) is 4.12. The first-order chi connectivity index (χ1) is 9.99. The van der Waals surface area contributed by atoms with Crippen molar-refractivity contribution >= 4 is 44.9 Å². The number of nitrogens with one attached hydrogen (secondary N) is 2. The Morgan fingerprint density at radius 2 is 1.95 bits per heavy atom. The molecule has 0 aromatic heterocycles. The van der Waals surface area contributed by atoms with E-state index in [2.05, 4.69) is 26.6 Å². The van der Waals surface area contributed by atoms with Gasteiger partial charge >= 0.3 is 6.03 Å². The van der Waals surface area contributed by atoms with Crippen LogP contribution < -0.4 is 15.4 Å². The molecule has 0 aliphatic rings. The maximum absolute atomic E-state index is 12.0. The highest BCUT2D eigenvalue weighted by Gasteiger charge is 2.09. The summed E-state index contributed by atoms with van der Waals surface area (Å²) in [6.45, 7) is 1.90. The van der Waals surface area contributed by atoms with Crippen molar-refractivity contribution in [3.63, 3.8) is 0 Å². The molecule has 2 aromatic carbocycles. The van der Waals surface area contributed by atoms with Gasteiger partial charge in [-0.05, 0) is 42.8 Å². The summed E-state index contributed by atoms with van der Waals surface area (Å²) in [5, 5.41) is 6.07. The lowest BCUT2D eigenvalue weighted by Gasteiger charge is -2.12. The van der Waals surface area contributed by atoms with Crippen molar-refractivity contribution in [1.29, 1.82) is 0 Å². The van der Waals surface area contributed by atoms with Crippen molar-refractivity contribution in [2.45, 2.75) is 6.92 Å². The number of urea groups is 1. The summed E-state index contributed by atoms with van der Waals surface area (Å²) in [7, 11) is 1.55. The number of halogens is 2. The number of benzene rings is 2. The van der Waals surface area contributed by atoms with Crippen LogP contribution in [0.4, 0.5) is 16.2 Å². The molecule has 2 N–H and O–H groups in total. The largest absolute Gasteiger partial charge is 0.495 e. The van der Waals surface area contributed by atoms with Gasteiger partial charge in [0.05, 0.1) is 12.8 Å². The molecule has 2 amide bonds. The summed E-state index contributed by atoms with van der Waals surface area (Å²) in [5.41, 5.74) is 2.15. The van der Waals surface area contributed by atoms with E-state index < -0.39 is 0 Å². The topological polar surface area (TPSA) is 50.4 Å². The van der Waals surface area contributed by atoms with E-state index in [-0.39, 0.29) is 6.03 Å². The quantitative estimate of drug-likeness (QED) is 0.794. The first kappa shape index (κ1) is 15.7. The van der Waals surface area contributed by atoms with Crippen molar-refractivity contribution in [2.75, 3.05) is 17.7 Å². The minimum Gasteiger partial charge on any atom is -0.495 e. The molecule has 0 spiro atoms. The van der Waals surface area contributed by atoms with Crippen LogP contribution in [0.15, 0.2) is 40.9 Å². The highest BCUT2D eigenvalue weighted by Crippen LogP contribution is 2.28. The summed E-state index contributed by atoms with van der Waals surface area (Å²) in [4.78, 5) is 12.0. The maximum Gasteiger partial charge on any atom is 0.323 e. The summed E-state index contributed by atoms with van der Waals surface area (Å²) in [6.07, 6.45) is 0. The molecule has 0 bridgehead atoms. The summed E-state index contributed by atoms with van der Waals surface area (Å²) in [6, 6.07) is 10.3. The van der Waals surface area contributed by atoms with Gasteiger partial charge in [0, 0.05) is 15.2 Å². The monoisotopic (exact) mass is 368 g/mol. The minimum absolute atomic E-state index is 0.369. The van der Waals surface area contributed by atoms with Crippen molar-refractivity contribution in [3.8, 4) is 5.75 Å². The van der Waals surface area contributed by atoms with Gasteiger partial charge in [0.15, 0.2) is 0 Å². The Balaban J connectivity index is 2.11. The zero-order valence-electron chi connectivity index (χ0n) is 11.5. The molecule has 0 saturated heterocycles. The van der Waals surface area contributed by atoms with Gasteiger partial charge in [0.25, 0.3) is 0 Å². The molecule has 0 fully saturated rings. The van der Waals surface area contributed by atoms with Gasteiger partial charge in [0.2, 0.25) is 0 Å². The van der Waals surface area contributed by atoms with Gasteiger partial charge in [-0.15, -0.1) is 0 Å². The number of rotatable bonds is 3. The number of carbonyl (C=O) groups excluding carboxylic acids is 1. The zero-order chi connectivity index (χ0) is 15.4. The number of methoxy groups -OCH3 is 1. The molecule has 2 aromatic rings. The summed E-state index contributed by atoms with van der Waals surface area (Å²) < 4.78 is 6.05. The van der Waals surface area contributed by atoms with Gasteiger partial charge in [-0.25, -0.2) is 4.79 Å². The maximum atomic E-state index is 12.0. The van der Waals surface area contributed by atoms with Crippen LogP contribution in [0.1, 0.15) is 5.56 Å². The van der Waals surface area contributed by atoms with Crippen LogP contribution in [0, 0.1) is 6.92 Å². The van der Waals surface area contributed by atoms with Crippen molar-refractivity contribution in [1.82, 2.24) is 0 Å². The second kappa shape index (κ2) is 6.83. The molecule has 0 unspecified atom stereocenters. The Kier molecular flexibility index (Phi) is 5.09. The Morgan fingerprint density at radius 1 is 1.19 bits per heavy atom. The van der Waals surface area contributed by atoms with Crippen LogP contribution in [0.25, 0.3) is 0 Å². The van der Waals surface area contributed by atoms with Crippen LogP contribution in [-0.2, 0) is 0 Å². The molecule has 110 valence electrons. The first-order valence-electron chi connectivity index (χ1n) is 6.17. The van der Waals surface area contributed by atoms with E-state index in [1.807, 2.05) is 19.1 Å². The Labute approximate surface area is 136 Å². The second-order valence-corrected chi connectivity index (χ2v) is 5.71. The fraction of sp³-hybridized carbons (Fsp3) is 0.133. The van der Waals surface area contributed by atoms with Crippen LogP contribution in [-0.4, -0.2) is 13.1 Å². The Bertz CT molecular complexity index is 677. The molecule has 21 heavy (non-hydrogen) atoms. The summed E-state index contributed by atoms with van der Waals surface area (Å²) >= 11 is 9.38. The number of amides is 2. The number of hydrogen-bond acceptors (Lipinski definition) is 2. The van der Waals surface area contributed by atoms with Crippen molar-refractivity contribution < 1.29 is 9.53 Å². The molecule has 0 atom stereocenters. The molecule has 0 aliphatic carbocycles.